The highest BCUT2D eigenvalue weighted by atomic mass is 19.4. The van der Waals surface area contributed by atoms with Gasteiger partial charge in [0.1, 0.15) is 28.8 Å². The molecule has 1 saturated heterocycles. The molecule has 3 N–H and O–H groups in total. The largest absolute Gasteiger partial charge is 0.496 e. The molecule has 0 unspecified atom stereocenters. The molecule has 2 heterocycles. The second-order valence-corrected chi connectivity index (χ2v) is 11.3. The molecular formula is C29H35F4N5O3. The summed E-state index contributed by atoms with van der Waals surface area (Å²) in [5, 5.41) is 3.68. The molecule has 4 rings (SSSR count). The van der Waals surface area contributed by atoms with Crippen LogP contribution in [0, 0.1) is 12.7 Å². The minimum Gasteiger partial charge on any atom is -0.496 e. The summed E-state index contributed by atoms with van der Waals surface area (Å²) in [6.45, 7) is 9.70. The molecule has 0 bridgehead atoms. The molecule has 3 aromatic rings. The summed E-state index contributed by atoms with van der Waals surface area (Å²) in [6.07, 6.45) is -3.91. The molecule has 1 amide bonds. The van der Waals surface area contributed by atoms with Gasteiger partial charge in [-0.05, 0) is 77.1 Å². The van der Waals surface area contributed by atoms with Crippen molar-refractivity contribution in [3.05, 3.63) is 52.6 Å². The number of benzene rings is 2. The molecule has 41 heavy (non-hydrogen) atoms. The van der Waals surface area contributed by atoms with Gasteiger partial charge in [0.15, 0.2) is 0 Å². The Morgan fingerprint density at radius 2 is 1.78 bits per heavy atom. The number of piperidine rings is 1. The Balaban J connectivity index is 1.66. The van der Waals surface area contributed by atoms with E-state index in [9.17, 15) is 22.4 Å². The third kappa shape index (κ3) is 6.74. The number of fused-ring (bicyclic) bond motifs is 1. The van der Waals surface area contributed by atoms with Gasteiger partial charge in [-0.15, -0.1) is 0 Å². The highest BCUT2D eigenvalue weighted by Gasteiger charge is 2.36. The number of carbonyl (C=O) groups excluding carboxylic acids is 1. The maximum atomic E-state index is 15.0. The SMILES string of the molecule is COc1cc2nc(C)nc(N[C@H](C)c3cc(N)cc(C(F)(F)F)c3F)c2cc1C1CCN(C(=O)OC(C)(C)C)CC1. The Kier molecular flexibility index (Phi) is 8.24. The van der Waals surface area contributed by atoms with E-state index in [1.54, 1.807) is 25.0 Å². The van der Waals surface area contributed by atoms with Gasteiger partial charge in [0, 0.05) is 35.8 Å². The van der Waals surface area contributed by atoms with Crippen molar-refractivity contribution in [1.29, 1.82) is 0 Å². The van der Waals surface area contributed by atoms with Gasteiger partial charge >= 0.3 is 12.3 Å². The van der Waals surface area contributed by atoms with Crippen LogP contribution in [0.1, 0.15) is 75.0 Å². The summed E-state index contributed by atoms with van der Waals surface area (Å²) in [4.78, 5) is 23.2. The monoisotopic (exact) mass is 577 g/mol. The van der Waals surface area contributed by atoms with Gasteiger partial charge in [-0.1, -0.05) is 0 Å². The number of nitrogens with one attached hydrogen (secondary N) is 1. The average molecular weight is 578 g/mol. The molecule has 1 atom stereocenters. The van der Waals surface area contributed by atoms with Crippen molar-refractivity contribution < 1.29 is 31.8 Å². The number of hydrogen-bond donors (Lipinski definition) is 2. The molecular weight excluding hydrogens is 542 g/mol. The van der Waals surface area contributed by atoms with E-state index in [0.29, 0.717) is 60.3 Å². The molecule has 0 saturated carbocycles. The summed E-state index contributed by atoms with van der Waals surface area (Å²) >= 11 is 0. The summed E-state index contributed by atoms with van der Waals surface area (Å²) in [7, 11) is 1.57. The van der Waals surface area contributed by atoms with Gasteiger partial charge < -0.3 is 25.4 Å². The lowest BCUT2D eigenvalue weighted by molar-refractivity contribution is -0.140. The van der Waals surface area contributed by atoms with Gasteiger partial charge in [0.25, 0.3) is 0 Å². The van der Waals surface area contributed by atoms with Crippen LogP contribution in [0.5, 0.6) is 5.75 Å². The number of hydrogen-bond acceptors (Lipinski definition) is 7. The van der Waals surface area contributed by atoms with Gasteiger partial charge in [0.05, 0.1) is 24.2 Å². The van der Waals surface area contributed by atoms with Crippen molar-refractivity contribution in [2.24, 2.45) is 0 Å². The molecule has 1 fully saturated rings. The quantitative estimate of drug-likeness (QED) is 0.249. The van der Waals surface area contributed by atoms with Crippen molar-refractivity contribution in [3.63, 3.8) is 0 Å². The third-order valence-corrected chi connectivity index (χ3v) is 6.99. The minimum atomic E-state index is -4.89. The number of ether oxygens (including phenoxy) is 2. The van der Waals surface area contributed by atoms with Gasteiger partial charge in [-0.2, -0.15) is 13.2 Å². The zero-order valence-corrected chi connectivity index (χ0v) is 23.9. The van der Waals surface area contributed by atoms with E-state index in [1.807, 2.05) is 26.8 Å². The molecule has 1 aliphatic rings. The Morgan fingerprint density at radius 3 is 2.37 bits per heavy atom. The van der Waals surface area contributed by atoms with Crippen LogP contribution in [0.4, 0.5) is 33.9 Å². The van der Waals surface area contributed by atoms with Crippen LogP contribution in [-0.4, -0.2) is 46.8 Å². The van der Waals surface area contributed by atoms with Crippen molar-refractivity contribution >= 4 is 28.5 Å². The zero-order chi connectivity index (χ0) is 30.3. The number of amides is 1. The summed E-state index contributed by atoms with van der Waals surface area (Å²) in [6, 6.07) is 4.55. The normalized spacial score (nSPS) is 15.6. The fourth-order valence-corrected chi connectivity index (χ4v) is 5.07. The first-order valence-electron chi connectivity index (χ1n) is 13.3. The molecule has 12 heteroatoms. The number of nitrogens with zero attached hydrogens (tertiary/aromatic N) is 3. The number of aromatic nitrogens is 2. The number of rotatable bonds is 5. The molecule has 8 nitrogen and oxygen atoms in total. The molecule has 2 aromatic carbocycles. The van der Waals surface area contributed by atoms with Gasteiger partial charge in [0.2, 0.25) is 0 Å². The lowest BCUT2D eigenvalue weighted by Crippen LogP contribution is -2.41. The third-order valence-electron chi connectivity index (χ3n) is 6.99. The molecule has 222 valence electrons. The number of likely N-dealkylation sites (tertiary alicyclic amines) is 1. The van der Waals surface area contributed by atoms with Crippen LogP contribution in [0.3, 0.4) is 0 Å². The molecule has 1 aliphatic heterocycles. The fraction of sp³-hybridized carbons (Fsp3) is 0.483. The molecule has 0 radical (unpaired) electrons. The van der Waals surface area contributed by atoms with Crippen molar-refractivity contribution in [2.45, 2.75) is 71.2 Å². The number of alkyl halides is 3. The second-order valence-electron chi connectivity index (χ2n) is 11.3. The van der Waals surface area contributed by atoms with E-state index in [4.69, 9.17) is 15.2 Å². The molecule has 0 aliphatic carbocycles. The predicted molar refractivity (Wildman–Crippen MR) is 148 cm³/mol. The Bertz CT molecular complexity index is 1450. The maximum Gasteiger partial charge on any atom is 0.419 e. The van der Waals surface area contributed by atoms with Crippen molar-refractivity contribution in [1.82, 2.24) is 14.9 Å². The Hall–Kier alpha value is -3.83. The summed E-state index contributed by atoms with van der Waals surface area (Å²) in [5.74, 6) is 0.0467. The van der Waals surface area contributed by atoms with E-state index in [-0.39, 0.29) is 23.3 Å². The maximum absolute atomic E-state index is 15.0. The van der Waals surface area contributed by atoms with E-state index in [1.165, 1.54) is 13.0 Å². The van der Waals surface area contributed by atoms with Crippen LogP contribution < -0.4 is 15.8 Å². The van der Waals surface area contributed by atoms with E-state index < -0.39 is 29.2 Å². The smallest absolute Gasteiger partial charge is 0.419 e. The first-order valence-corrected chi connectivity index (χ1v) is 13.3. The van der Waals surface area contributed by atoms with E-state index >= 15 is 0 Å². The van der Waals surface area contributed by atoms with Gasteiger partial charge in [-0.3, -0.25) is 0 Å². The number of halogens is 4. The molecule has 1 aromatic heterocycles. The highest BCUT2D eigenvalue weighted by Crippen LogP contribution is 2.40. The molecule has 0 spiro atoms. The Labute approximate surface area is 236 Å². The highest BCUT2D eigenvalue weighted by molar-refractivity contribution is 5.91. The van der Waals surface area contributed by atoms with Crippen LogP contribution in [-0.2, 0) is 10.9 Å². The number of anilines is 2. The fourth-order valence-electron chi connectivity index (χ4n) is 5.07. The zero-order valence-electron chi connectivity index (χ0n) is 23.9. The second kappa shape index (κ2) is 11.2. The average Bonchev–Trinajstić information content (AvgIpc) is 2.87. The van der Waals surface area contributed by atoms with Crippen LogP contribution in [0.2, 0.25) is 0 Å². The minimum absolute atomic E-state index is 0.0559. The van der Waals surface area contributed by atoms with Gasteiger partial charge in [-0.25, -0.2) is 19.2 Å². The topological polar surface area (TPSA) is 103 Å². The lowest BCUT2D eigenvalue weighted by Gasteiger charge is -2.34. The van der Waals surface area contributed by atoms with Crippen LogP contribution in [0.25, 0.3) is 10.9 Å². The summed E-state index contributed by atoms with van der Waals surface area (Å²) < 4.78 is 66.4. The van der Waals surface area contributed by atoms with Crippen molar-refractivity contribution in [3.8, 4) is 5.75 Å². The summed E-state index contributed by atoms with van der Waals surface area (Å²) in [5.41, 5.74) is 4.71. The van der Waals surface area contributed by atoms with E-state index in [0.717, 1.165) is 5.56 Å². The van der Waals surface area contributed by atoms with Crippen LogP contribution in [0.15, 0.2) is 24.3 Å². The first kappa shape index (κ1) is 30.1. The number of methoxy groups -OCH3 is 1. The first-order chi connectivity index (χ1) is 19.1. The predicted octanol–water partition coefficient (Wildman–Crippen LogP) is 6.97. The van der Waals surface area contributed by atoms with Crippen molar-refractivity contribution in [2.75, 3.05) is 31.2 Å². The number of carbonyl (C=O) groups is 1. The lowest BCUT2D eigenvalue weighted by atomic mass is 9.88. The Morgan fingerprint density at radius 1 is 1.12 bits per heavy atom. The van der Waals surface area contributed by atoms with Crippen LogP contribution >= 0.6 is 0 Å². The number of aryl methyl sites for hydroxylation is 1. The standard InChI is InChI=1S/C29H35F4N5O3/c1-15(19-11-18(34)12-22(25(19)30)29(31,32)33)35-26-21-13-20(24(40-6)14-23(21)36-16(2)37-26)17-7-9-38(10-8-17)27(39)41-28(3,4)5/h11-15,17H,7-10,34H2,1-6H3,(H,35,36,37)/t15-/m1/s1. The number of nitrogen functional groups attached to an aromatic ring is 1. The van der Waals surface area contributed by atoms with E-state index in [2.05, 4.69) is 15.3 Å². The number of nitrogens with two attached hydrogens (primary N) is 1.